The van der Waals surface area contributed by atoms with E-state index in [1.165, 1.54) is 0 Å². The summed E-state index contributed by atoms with van der Waals surface area (Å²) in [5.74, 6) is -0.593. The summed E-state index contributed by atoms with van der Waals surface area (Å²) in [6, 6.07) is 14.1. The van der Waals surface area contributed by atoms with Crippen molar-refractivity contribution in [2.24, 2.45) is 0 Å². The van der Waals surface area contributed by atoms with E-state index in [0.717, 1.165) is 24.1 Å². The van der Waals surface area contributed by atoms with Crippen molar-refractivity contribution in [1.82, 2.24) is 5.32 Å². The molecular formula is C16H17NO3. The van der Waals surface area contributed by atoms with Crippen LogP contribution in [0.5, 0.6) is 5.75 Å². The highest BCUT2D eigenvalue weighted by Crippen LogP contribution is 2.15. The van der Waals surface area contributed by atoms with Gasteiger partial charge in [0.1, 0.15) is 5.75 Å². The summed E-state index contributed by atoms with van der Waals surface area (Å²) in [4.78, 5) is 10.7. The van der Waals surface area contributed by atoms with Gasteiger partial charge in [-0.25, -0.2) is 4.79 Å². The fourth-order valence-electron chi connectivity index (χ4n) is 1.94. The predicted octanol–water partition coefficient (Wildman–Crippen LogP) is 2.42. The number of nitrogens with one attached hydrogen (secondary N) is 1. The molecule has 2 rings (SSSR count). The minimum absolute atomic E-state index is 0.294. The van der Waals surface area contributed by atoms with E-state index in [9.17, 15) is 9.90 Å². The van der Waals surface area contributed by atoms with Gasteiger partial charge < -0.3 is 15.5 Å². The summed E-state index contributed by atoms with van der Waals surface area (Å²) < 4.78 is 0. The highest BCUT2D eigenvalue weighted by molar-refractivity contribution is 5.87. The number of hydrogen-bond donors (Lipinski definition) is 3. The summed E-state index contributed by atoms with van der Waals surface area (Å²) in [6.07, 6.45) is 0.750. The first-order valence-electron chi connectivity index (χ1n) is 6.46. The molecule has 0 heterocycles. The maximum absolute atomic E-state index is 10.7. The van der Waals surface area contributed by atoms with Gasteiger partial charge in [-0.3, -0.25) is 0 Å². The Morgan fingerprint density at radius 3 is 2.40 bits per heavy atom. The minimum atomic E-state index is -0.913. The van der Waals surface area contributed by atoms with Crippen molar-refractivity contribution in [3.63, 3.8) is 0 Å². The summed E-state index contributed by atoms with van der Waals surface area (Å²) >= 11 is 0. The smallest absolute Gasteiger partial charge is 0.335 e. The lowest BCUT2D eigenvalue weighted by molar-refractivity contribution is 0.0697. The van der Waals surface area contributed by atoms with E-state index in [-0.39, 0.29) is 0 Å². The minimum Gasteiger partial charge on any atom is -0.508 e. The summed E-state index contributed by atoms with van der Waals surface area (Å²) in [5, 5.41) is 21.7. The molecule has 0 saturated carbocycles. The molecule has 2 aromatic rings. The zero-order chi connectivity index (χ0) is 14.4. The quantitative estimate of drug-likeness (QED) is 0.706. The van der Waals surface area contributed by atoms with Crippen molar-refractivity contribution in [2.75, 3.05) is 6.54 Å². The van der Waals surface area contributed by atoms with Crippen molar-refractivity contribution in [3.8, 4) is 5.75 Å². The number of rotatable bonds is 6. The largest absolute Gasteiger partial charge is 0.508 e. The summed E-state index contributed by atoms with van der Waals surface area (Å²) in [5.41, 5.74) is 2.25. The van der Waals surface area contributed by atoms with Crippen LogP contribution in [0.15, 0.2) is 48.5 Å². The standard InChI is InChI=1S/C16H17NO3/c18-15-4-2-1-3-13(15)9-10-17-11-12-5-7-14(8-6-12)16(19)20/h1-8,17-18H,9-11H2,(H,19,20). The SMILES string of the molecule is O=C(O)c1ccc(CNCCc2ccccc2O)cc1. The molecule has 0 spiro atoms. The molecule has 0 radical (unpaired) electrons. The van der Waals surface area contributed by atoms with Gasteiger partial charge >= 0.3 is 5.97 Å². The first kappa shape index (κ1) is 14.1. The average Bonchev–Trinajstić information content (AvgIpc) is 2.46. The van der Waals surface area contributed by atoms with Gasteiger partial charge in [0.15, 0.2) is 0 Å². The molecule has 0 atom stereocenters. The van der Waals surface area contributed by atoms with E-state index in [1.807, 2.05) is 12.1 Å². The van der Waals surface area contributed by atoms with Crippen LogP contribution in [-0.2, 0) is 13.0 Å². The third-order valence-corrected chi connectivity index (χ3v) is 3.09. The van der Waals surface area contributed by atoms with Crippen LogP contribution in [-0.4, -0.2) is 22.7 Å². The van der Waals surface area contributed by atoms with Gasteiger partial charge in [0.05, 0.1) is 5.56 Å². The van der Waals surface area contributed by atoms with Crippen molar-refractivity contribution in [2.45, 2.75) is 13.0 Å². The number of phenols is 1. The Labute approximate surface area is 117 Å². The van der Waals surface area contributed by atoms with Crippen LogP contribution >= 0.6 is 0 Å². The number of aromatic carboxylic acids is 1. The number of para-hydroxylation sites is 1. The topological polar surface area (TPSA) is 69.6 Å². The molecule has 0 aliphatic carbocycles. The van der Waals surface area contributed by atoms with Crippen molar-refractivity contribution in [3.05, 3.63) is 65.2 Å². The van der Waals surface area contributed by atoms with Crippen molar-refractivity contribution in [1.29, 1.82) is 0 Å². The molecule has 0 saturated heterocycles. The number of phenolic OH excluding ortho intramolecular Hbond substituents is 1. The first-order chi connectivity index (χ1) is 9.66. The Bertz CT molecular complexity index is 579. The van der Waals surface area contributed by atoms with E-state index in [4.69, 9.17) is 5.11 Å². The first-order valence-corrected chi connectivity index (χ1v) is 6.46. The molecule has 4 heteroatoms. The number of carboxylic acids is 1. The highest BCUT2D eigenvalue weighted by Gasteiger charge is 2.02. The average molecular weight is 271 g/mol. The van der Waals surface area contributed by atoms with Crippen LogP contribution in [0.3, 0.4) is 0 Å². The van der Waals surface area contributed by atoms with Crippen LogP contribution in [0.25, 0.3) is 0 Å². The fourth-order valence-corrected chi connectivity index (χ4v) is 1.94. The molecular weight excluding hydrogens is 254 g/mol. The van der Waals surface area contributed by atoms with Gasteiger partial charge in [0.2, 0.25) is 0 Å². The van der Waals surface area contributed by atoms with Crippen molar-refractivity contribution < 1.29 is 15.0 Å². The second-order valence-corrected chi connectivity index (χ2v) is 4.56. The van der Waals surface area contributed by atoms with E-state index in [1.54, 1.807) is 36.4 Å². The third kappa shape index (κ3) is 3.83. The Kier molecular flexibility index (Phi) is 4.74. The lowest BCUT2D eigenvalue weighted by Crippen LogP contribution is -2.16. The normalized spacial score (nSPS) is 10.4. The molecule has 4 nitrogen and oxygen atoms in total. The second-order valence-electron chi connectivity index (χ2n) is 4.56. The van der Waals surface area contributed by atoms with Gasteiger partial charge in [0, 0.05) is 6.54 Å². The van der Waals surface area contributed by atoms with Crippen LogP contribution < -0.4 is 5.32 Å². The van der Waals surface area contributed by atoms with Crippen LogP contribution in [0.4, 0.5) is 0 Å². The molecule has 104 valence electrons. The zero-order valence-electron chi connectivity index (χ0n) is 11.0. The fraction of sp³-hybridized carbons (Fsp3) is 0.188. The van der Waals surface area contributed by atoms with Gasteiger partial charge in [-0.05, 0) is 42.3 Å². The van der Waals surface area contributed by atoms with Crippen LogP contribution in [0, 0.1) is 0 Å². The Hall–Kier alpha value is -2.33. The number of aromatic hydroxyl groups is 1. The van der Waals surface area contributed by atoms with E-state index >= 15 is 0 Å². The van der Waals surface area contributed by atoms with Crippen LogP contribution in [0.2, 0.25) is 0 Å². The van der Waals surface area contributed by atoms with Gasteiger partial charge in [0.25, 0.3) is 0 Å². The summed E-state index contributed by atoms with van der Waals surface area (Å²) in [6.45, 7) is 1.42. The monoisotopic (exact) mass is 271 g/mol. The molecule has 3 N–H and O–H groups in total. The Morgan fingerprint density at radius 2 is 1.75 bits per heavy atom. The molecule has 0 aliphatic heterocycles. The maximum Gasteiger partial charge on any atom is 0.335 e. The van der Waals surface area contributed by atoms with E-state index in [0.29, 0.717) is 17.9 Å². The van der Waals surface area contributed by atoms with E-state index in [2.05, 4.69) is 5.32 Å². The summed E-state index contributed by atoms with van der Waals surface area (Å²) in [7, 11) is 0. The number of carboxylic acid groups (broad SMARTS) is 1. The molecule has 0 aromatic heterocycles. The van der Waals surface area contributed by atoms with E-state index < -0.39 is 5.97 Å². The molecule has 20 heavy (non-hydrogen) atoms. The second kappa shape index (κ2) is 6.73. The van der Waals surface area contributed by atoms with Crippen LogP contribution in [0.1, 0.15) is 21.5 Å². The van der Waals surface area contributed by atoms with Gasteiger partial charge in [-0.15, -0.1) is 0 Å². The molecule has 0 amide bonds. The molecule has 0 bridgehead atoms. The number of hydrogen-bond acceptors (Lipinski definition) is 3. The number of carbonyl (C=O) groups is 1. The molecule has 0 fully saturated rings. The van der Waals surface area contributed by atoms with Crippen molar-refractivity contribution >= 4 is 5.97 Å². The zero-order valence-corrected chi connectivity index (χ0v) is 11.0. The number of benzene rings is 2. The van der Waals surface area contributed by atoms with Gasteiger partial charge in [-0.2, -0.15) is 0 Å². The molecule has 0 unspecified atom stereocenters. The third-order valence-electron chi connectivity index (χ3n) is 3.09. The molecule has 0 aliphatic rings. The highest BCUT2D eigenvalue weighted by atomic mass is 16.4. The predicted molar refractivity (Wildman–Crippen MR) is 76.9 cm³/mol. The Balaban J connectivity index is 1.79. The lowest BCUT2D eigenvalue weighted by Gasteiger charge is -2.07. The van der Waals surface area contributed by atoms with Gasteiger partial charge in [-0.1, -0.05) is 30.3 Å². The maximum atomic E-state index is 10.7. The molecule has 2 aromatic carbocycles. The lowest BCUT2D eigenvalue weighted by atomic mass is 10.1. The Morgan fingerprint density at radius 1 is 1.05 bits per heavy atom.